The van der Waals surface area contributed by atoms with Crippen LogP contribution in [-0.2, 0) is 21.0 Å². The minimum atomic E-state index is -0.731. The first-order chi connectivity index (χ1) is 40.5. The molecule has 0 bridgehead atoms. The van der Waals surface area contributed by atoms with Crippen LogP contribution in [0.1, 0.15) is 59.6 Å². The maximum atomic E-state index is 10.9. The van der Waals surface area contributed by atoms with Crippen molar-refractivity contribution < 1.29 is 38.7 Å². The van der Waals surface area contributed by atoms with E-state index in [1.54, 1.807) is 71.8 Å². The number of carbonyl (C=O) groups is 2. The molecule has 2 amide bonds. The molecule has 4 atom stereocenters. The molecule has 0 saturated carbocycles. The fourth-order valence-corrected chi connectivity index (χ4v) is 14.5. The van der Waals surface area contributed by atoms with Crippen LogP contribution in [0.3, 0.4) is 0 Å². The molecule has 452 valence electrons. The Hall–Kier alpha value is -5.04. The third kappa shape index (κ3) is 20.6. The predicted molar refractivity (Wildman–Crippen MR) is 350 cm³/mol. The third-order valence-corrected chi connectivity index (χ3v) is 20.8. The number of nitrogens with one attached hydrogen (secondary N) is 2. The number of ether oxygens (including phenoxy) is 4. The Morgan fingerprint density at radius 3 is 1.25 bits per heavy atom. The molecule has 0 aliphatic carbocycles. The molecule has 26 heteroatoms. The number of nitrogens with two attached hydrogens (primary N) is 2. The van der Waals surface area contributed by atoms with Crippen molar-refractivity contribution in [2.45, 2.75) is 70.0 Å². The summed E-state index contributed by atoms with van der Waals surface area (Å²) in [6, 6.07) is 16.9. The van der Waals surface area contributed by atoms with E-state index in [0.29, 0.717) is 13.2 Å². The maximum Gasteiger partial charge on any atom is 0.404 e. The van der Waals surface area contributed by atoms with E-state index < -0.39 is 12.2 Å². The normalized spacial score (nSPS) is 19.3. The van der Waals surface area contributed by atoms with Crippen LogP contribution < -0.4 is 20.9 Å². The second-order valence-electron chi connectivity index (χ2n) is 20.1. The van der Waals surface area contributed by atoms with Gasteiger partial charge < -0.3 is 50.6 Å². The number of thioether (sulfide) groups is 2. The first-order valence-electron chi connectivity index (χ1n) is 26.9. The molecule has 0 spiro atoms. The van der Waals surface area contributed by atoms with Gasteiger partial charge in [-0.3, -0.25) is 19.6 Å². The summed E-state index contributed by atoms with van der Waals surface area (Å²) in [6.07, 6.45) is 10.6. The van der Waals surface area contributed by atoms with Gasteiger partial charge in [-0.2, -0.15) is 0 Å². The Balaban J connectivity index is 0.000000164. The molecule has 2 aromatic carbocycles. The predicted octanol–water partition coefficient (Wildman–Crippen LogP) is 11.0. The van der Waals surface area contributed by atoms with Crippen LogP contribution in [0.2, 0.25) is 0 Å². The standard InChI is InChI=1S/C19H23N3O3S2.C18H22N2O2S2.C11H15N3O2S2.C10H14N2OS2/c1-22-8-7-14(9-15(22)10-25-18(20)23)17-12-27-19(21-17)26-11-13-3-5-16(24-2)6-4-13;1-20-8-7-14(9-15(20)10-21)17-12-24-18(19-17)23-11-13-3-5-16(22-2)6-4-13;1-14-3-2-7(9-6-18-11(17)13-9)4-8(14)5-16-10(12)15;1-12-3-2-7(4-8(12)5-13)9-6-15-10(14)11-9/h3-7,12,15H,8-11H2,1-2H3,(H2,20,23);3-7,12,15,21H,8-11H2,1-2H3;2,6,8H,3-5H2,1H3,(H2,12,15)(H,13,17);2,6,8,13H,3-5H2,1H3,(H,11,14)/t2*15-;2*8-/m0000/s1. The SMILES string of the molecule is CN1CC=C(c2csc(=S)[nH]2)C[C@H]1CO.CN1CC=C(c2csc(=S)[nH]2)C[C@H]1COC(N)=O.COc1ccc(CSc2nc(C3=CCN(C)[C@H](CO)C3)cs2)cc1.COc1ccc(CSc2nc(C3=CCN(C)[C@H](COC(N)=O)C3)cs2)cc1. The summed E-state index contributed by atoms with van der Waals surface area (Å²) in [5.74, 6) is 3.52. The lowest BCUT2D eigenvalue weighted by atomic mass is 9.99. The van der Waals surface area contributed by atoms with Crippen LogP contribution in [0.4, 0.5) is 9.59 Å². The summed E-state index contributed by atoms with van der Waals surface area (Å²) < 4.78 is 24.0. The molecule has 10 rings (SSSR count). The molecule has 0 radical (unpaired) electrons. The van der Waals surface area contributed by atoms with Gasteiger partial charge in [0.15, 0.2) is 16.6 Å². The zero-order valence-corrected chi connectivity index (χ0v) is 54.4. The van der Waals surface area contributed by atoms with Crippen LogP contribution in [0.15, 0.2) is 103 Å². The summed E-state index contributed by atoms with van der Waals surface area (Å²) in [4.78, 5) is 46.0. The Labute approximate surface area is 526 Å². The van der Waals surface area contributed by atoms with Gasteiger partial charge in [-0.05, 0) is 136 Å². The summed E-state index contributed by atoms with van der Waals surface area (Å²) in [6.45, 7) is 4.38. The summed E-state index contributed by atoms with van der Waals surface area (Å²) in [5, 5.41) is 27.0. The second kappa shape index (κ2) is 33.8. The number of methoxy groups -OCH3 is 2. The average molecular weight is 1300 g/mol. The van der Waals surface area contributed by atoms with Gasteiger partial charge in [0.1, 0.15) is 24.7 Å². The zero-order valence-electron chi connectivity index (χ0n) is 47.9. The second-order valence-corrected chi connectivity index (χ2v) is 27.4. The van der Waals surface area contributed by atoms with Gasteiger partial charge in [-0.15, -0.1) is 45.3 Å². The lowest BCUT2D eigenvalue weighted by Crippen LogP contribution is -2.39. The third-order valence-electron chi connectivity index (χ3n) is 14.5. The molecule has 6 aromatic rings. The number of primary amides is 2. The number of nitrogens with zero attached hydrogens (tertiary/aromatic N) is 6. The molecule has 18 nitrogen and oxygen atoms in total. The number of likely N-dealkylation sites (N-methyl/N-ethyl adjacent to an activating group) is 4. The van der Waals surface area contributed by atoms with Gasteiger partial charge in [0, 0.05) is 83.4 Å². The van der Waals surface area contributed by atoms with Gasteiger partial charge >= 0.3 is 12.2 Å². The Morgan fingerprint density at radius 1 is 0.560 bits per heavy atom. The number of aromatic nitrogens is 4. The van der Waals surface area contributed by atoms with Gasteiger partial charge in [-0.1, -0.05) is 72.1 Å². The number of benzene rings is 2. The Bertz CT molecular complexity index is 3300. The van der Waals surface area contributed by atoms with E-state index in [9.17, 15) is 19.8 Å². The summed E-state index contributed by atoms with van der Waals surface area (Å²) >= 11 is 20.0. The highest BCUT2D eigenvalue weighted by molar-refractivity contribution is 8.00. The topological polar surface area (TPSA) is 234 Å². The van der Waals surface area contributed by atoms with Crippen LogP contribution >= 0.6 is 93.3 Å². The smallest absolute Gasteiger partial charge is 0.404 e. The van der Waals surface area contributed by atoms with Crippen molar-refractivity contribution in [3.63, 3.8) is 0 Å². The summed E-state index contributed by atoms with van der Waals surface area (Å²) in [7, 11) is 11.4. The molecule has 8 N–H and O–H groups in total. The molecule has 84 heavy (non-hydrogen) atoms. The fourth-order valence-electron chi connectivity index (χ4n) is 9.13. The first-order valence-corrected chi connectivity index (χ1v) is 33.2. The van der Waals surface area contributed by atoms with Gasteiger partial charge in [0.2, 0.25) is 0 Å². The van der Waals surface area contributed by atoms with Gasteiger partial charge in [0.05, 0.1) is 50.2 Å². The van der Waals surface area contributed by atoms with E-state index in [2.05, 4.69) is 88.9 Å². The molecule has 4 aromatic heterocycles. The number of hydrogen-bond acceptors (Lipinski definition) is 22. The number of amides is 2. The highest BCUT2D eigenvalue weighted by atomic mass is 32.2. The maximum absolute atomic E-state index is 10.9. The highest BCUT2D eigenvalue weighted by Gasteiger charge is 2.26. The zero-order chi connectivity index (χ0) is 60.1. The number of H-pyrrole nitrogens is 2. The number of rotatable bonds is 18. The number of aliphatic hydroxyl groups is 2. The van der Waals surface area contributed by atoms with Crippen LogP contribution in [0, 0.1) is 7.91 Å². The van der Waals surface area contributed by atoms with Crippen LogP contribution in [-0.4, -0.2) is 181 Å². The molecule has 0 unspecified atom stereocenters. The number of hydrogen-bond donors (Lipinski definition) is 6. The highest BCUT2D eigenvalue weighted by Crippen LogP contribution is 2.35. The monoisotopic (exact) mass is 1290 g/mol. The van der Waals surface area contributed by atoms with E-state index >= 15 is 0 Å². The van der Waals surface area contributed by atoms with Crippen molar-refractivity contribution in [1.82, 2.24) is 39.5 Å². The van der Waals surface area contributed by atoms with Crippen LogP contribution in [0.25, 0.3) is 22.3 Å². The number of aliphatic hydroxyl groups excluding tert-OH is 2. The first kappa shape index (κ1) is 66.5. The lowest BCUT2D eigenvalue weighted by Gasteiger charge is -2.31. The van der Waals surface area contributed by atoms with E-state index in [1.165, 1.54) is 44.8 Å². The molecule has 4 aliphatic rings. The molecular formula is C58H74N10O8S8. The average Bonchev–Trinajstić information content (AvgIpc) is 4.38. The van der Waals surface area contributed by atoms with Crippen LogP contribution in [0.5, 0.6) is 11.5 Å². The van der Waals surface area contributed by atoms with Crippen molar-refractivity contribution in [3.8, 4) is 11.5 Å². The number of carbonyl (C=O) groups excluding carboxylic acids is 2. The van der Waals surface area contributed by atoms with Gasteiger partial charge in [-0.25, -0.2) is 19.6 Å². The molecule has 0 saturated heterocycles. The van der Waals surface area contributed by atoms with Crippen molar-refractivity contribution >= 4 is 128 Å². The van der Waals surface area contributed by atoms with Crippen molar-refractivity contribution in [2.24, 2.45) is 11.5 Å². The van der Waals surface area contributed by atoms with Crippen molar-refractivity contribution in [2.75, 3.05) is 95.0 Å². The molecule has 8 heterocycles. The van der Waals surface area contributed by atoms with E-state index in [1.807, 2.05) is 63.2 Å². The Kier molecular flexibility index (Phi) is 26.7. The van der Waals surface area contributed by atoms with Gasteiger partial charge in [0.25, 0.3) is 0 Å². The minimum absolute atomic E-state index is 0.120. The molecule has 4 aliphatic heterocycles. The van der Waals surface area contributed by atoms with Crippen molar-refractivity contribution in [3.05, 3.63) is 136 Å². The van der Waals surface area contributed by atoms with E-state index in [0.717, 1.165) is 114 Å². The summed E-state index contributed by atoms with van der Waals surface area (Å²) in [5.41, 5.74) is 21.7. The number of thiazole rings is 4. The number of aromatic amines is 2. The molecular weight excluding hydrogens is 1220 g/mol. The molecule has 0 fully saturated rings. The van der Waals surface area contributed by atoms with Crippen molar-refractivity contribution in [1.29, 1.82) is 0 Å². The Morgan fingerprint density at radius 2 is 0.905 bits per heavy atom. The quantitative estimate of drug-likeness (QED) is 0.0347. The fraction of sp³-hybridized carbons (Fsp3) is 0.414. The minimum Gasteiger partial charge on any atom is -0.497 e. The lowest BCUT2D eigenvalue weighted by molar-refractivity contribution is 0.111. The van der Waals surface area contributed by atoms with E-state index in [-0.39, 0.29) is 37.4 Å². The largest absolute Gasteiger partial charge is 0.497 e. The van der Waals surface area contributed by atoms with E-state index in [4.69, 9.17) is 64.8 Å².